The number of carbonyl (C=O) groups is 1. The summed E-state index contributed by atoms with van der Waals surface area (Å²) in [5.74, 6) is 1.33. The second-order valence-corrected chi connectivity index (χ2v) is 6.94. The molecule has 0 fully saturated rings. The lowest BCUT2D eigenvalue weighted by molar-refractivity contribution is -0.116. The molecule has 3 aromatic rings. The molecule has 27 heavy (non-hydrogen) atoms. The van der Waals surface area contributed by atoms with Crippen LogP contribution in [0.25, 0.3) is 11.3 Å². The van der Waals surface area contributed by atoms with Crippen LogP contribution in [0.1, 0.15) is 19.2 Å². The number of benzene rings is 2. The third-order valence-corrected chi connectivity index (χ3v) is 5.05. The molecule has 0 spiro atoms. The van der Waals surface area contributed by atoms with E-state index < -0.39 is 0 Å². The molecule has 0 atom stereocenters. The molecule has 138 valence electrons. The van der Waals surface area contributed by atoms with E-state index in [-0.39, 0.29) is 5.91 Å². The van der Waals surface area contributed by atoms with E-state index >= 15 is 0 Å². The fourth-order valence-corrected chi connectivity index (χ4v) is 3.67. The van der Waals surface area contributed by atoms with Crippen LogP contribution < -0.4 is 9.80 Å². The zero-order chi connectivity index (χ0) is 18.8. The van der Waals surface area contributed by atoms with Crippen LogP contribution in [0.15, 0.2) is 59.1 Å². The third kappa shape index (κ3) is 3.55. The number of oxazole rings is 1. The third-order valence-electron chi connectivity index (χ3n) is 4.72. The summed E-state index contributed by atoms with van der Waals surface area (Å²) < 4.78 is 5.97. The van der Waals surface area contributed by atoms with Gasteiger partial charge in [0, 0.05) is 25.6 Å². The maximum absolute atomic E-state index is 12.0. The smallest absolute Gasteiger partial charge is 0.223 e. The van der Waals surface area contributed by atoms with E-state index in [1.807, 2.05) is 53.4 Å². The summed E-state index contributed by atoms with van der Waals surface area (Å²) in [4.78, 5) is 20.5. The highest BCUT2D eigenvalue weighted by Gasteiger charge is 2.23. The Kier molecular flexibility index (Phi) is 4.86. The van der Waals surface area contributed by atoms with Gasteiger partial charge in [-0.05, 0) is 30.7 Å². The first-order valence-corrected chi connectivity index (χ1v) is 9.33. The number of aromatic nitrogens is 1. The molecule has 0 aliphatic carbocycles. The lowest BCUT2D eigenvalue weighted by Crippen LogP contribution is -2.28. The molecule has 4 rings (SSSR count). The molecular formula is C21H20ClN3O2. The van der Waals surface area contributed by atoms with Crippen molar-refractivity contribution in [3.05, 3.63) is 65.6 Å². The summed E-state index contributed by atoms with van der Waals surface area (Å²) >= 11 is 6.26. The molecule has 0 unspecified atom stereocenters. The van der Waals surface area contributed by atoms with Gasteiger partial charge in [-0.3, -0.25) is 4.79 Å². The minimum absolute atomic E-state index is 0.0569. The average Bonchev–Trinajstić information content (AvgIpc) is 3.04. The van der Waals surface area contributed by atoms with E-state index in [9.17, 15) is 4.79 Å². The number of fused-ring (bicyclic) bond motifs is 1. The summed E-state index contributed by atoms with van der Waals surface area (Å²) in [7, 11) is 0. The zero-order valence-electron chi connectivity index (χ0n) is 15.1. The quantitative estimate of drug-likeness (QED) is 0.656. The van der Waals surface area contributed by atoms with Crippen molar-refractivity contribution in [1.29, 1.82) is 0 Å². The van der Waals surface area contributed by atoms with E-state index in [1.54, 1.807) is 13.1 Å². The van der Waals surface area contributed by atoms with E-state index in [1.165, 1.54) is 0 Å². The molecule has 2 aromatic carbocycles. The number of amides is 1. The number of hydrogen-bond acceptors (Lipinski definition) is 4. The van der Waals surface area contributed by atoms with Crippen molar-refractivity contribution < 1.29 is 9.21 Å². The molecule has 0 radical (unpaired) electrons. The van der Waals surface area contributed by atoms with Gasteiger partial charge in [0.05, 0.1) is 29.1 Å². The lowest BCUT2D eigenvalue weighted by atomic mass is 10.2. The first kappa shape index (κ1) is 17.6. The SMILES string of the molecule is CC(=O)N1CCCN(Cc2ncc(-c3ccccc3Cl)o2)c2ccccc21. The molecule has 0 N–H and O–H groups in total. The van der Waals surface area contributed by atoms with Crippen molar-refractivity contribution in [3.63, 3.8) is 0 Å². The van der Waals surface area contributed by atoms with Crippen LogP contribution in [-0.2, 0) is 11.3 Å². The predicted molar refractivity (Wildman–Crippen MR) is 107 cm³/mol. The molecule has 1 aromatic heterocycles. The van der Waals surface area contributed by atoms with Crippen LogP contribution in [0.4, 0.5) is 11.4 Å². The molecule has 0 bridgehead atoms. The molecular weight excluding hydrogens is 362 g/mol. The first-order valence-electron chi connectivity index (χ1n) is 8.95. The van der Waals surface area contributed by atoms with E-state index in [0.29, 0.717) is 29.8 Å². The molecule has 2 heterocycles. The van der Waals surface area contributed by atoms with Crippen LogP contribution in [0, 0.1) is 0 Å². The van der Waals surface area contributed by atoms with Gasteiger partial charge in [-0.2, -0.15) is 0 Å². The van der Waals surface area contributed by atoms with Gasteiger partial charge in [-0.25, -0.2) is 4.98 Å². The van der Waals surface area contributed by atoms with Crippen molar-refractivity contribution in [3.8, 4) is 11.3 Å². The highest BCUT2D eigenvalue weighted by molar-refractivity contribution is 6.33. The van der Waals surface area contributed by atoms with E-state index in [2.05, 4.69) is 9.88 Å². The Morgan fingerprint density at radius 2 is 1.85 bits per heavy atom. The number of anilines is 2. The standard InChI is InChI=1S/C21H20ClN3O2/c1-15(26)25-12-6-11-24(18-9-4-5-10-19(18)25)14-21-23-13-20(27-21)16-7-2-3-8-17(16)22/h2-5,7-10,13H,6,11-12,14H2,1H3. The predicted octanol–water partition coefficient (Wildman–Crippen LogP) is 4.76. The Balaban J connectivity index is 1.62. The van der Waals surface area contributed by atoms with Gasteiger partial charge in [0.25, 0.3) is 0 Å². The van der Waals surface area contributed by atoms with Gasteiger partial charge in [-0.15, -0.1) is 0 Å². The van der Waals surface area contributed by atoms with Gasteiger partial charge in [0.1, 0.15) is 0 Å². The number of para-hydroxylation sites is 2. The van der Waals surface area contributed by atoms with Gasteiger partial charge >= 0.3 is 0 Å². The topological polar surface area (TPSA) is 49.6 Å². The van der Waals surface area contributed by atoms with E-state index in [0.717, 1.165) is 29.9 Å². The summed E-state index contributed by atoms with van der Waals surface area (Å²) in [5, 5.41) is 0.636. The van der Waals surface area contributed by atoms with Crippen molar-refractivity contribution in [2.24, 2.45) is 0 Å². The van der Waals surface area contributed by atoms with Gasteiger partial charge in [0.2, 0.25) is 11.8 Å². The van der Waals surface area contributed by atoms with E-state index in [4.69, 9.17) is 16.0 Å². The Hall–Kier alpha value is -2.79. The maximum Gasteiger partial charge on any atom is 0.223 e. The molecule has 1 amide bonds. The van der Waals surface area contributed by atoms with Crippen LogP contribution in [0.5, 0.6) is 0 Å². The lowest BCUT2D eigenvalue weighted by Gasteiger charge is -2.25. The Morgan fingerprint density at radius 1 is 1.11 bits per heavy atom. The molecule has 0 saturated heterocycles. The summed E-state index contributed by atoms with van der Waals surface area (Å²) in [6.07, 6.45) is 2.59. The van der Waals surface area contributed by atoms with Gasteiger partial charge in [-0.1, -0.05) is 35.9 Å². The zero-order valence-corrected chi connectivity index (χ0v) is 15.8. The molecule has 1 aliphatic rings. The molecule has 0 saturated carbocycles. The number of nitrogens with zero attached hydrogens (tertiary/aromatic N) is 3. The van der Waals surface area contributed by atoms with Gasteiger partial charge in [0.15, 0.2) is 5.76 Å². The maximum atomic E-state index is 12.0. The van der Waals surface area contributed by atoms with Crippen LogP contribution in [0.3, 0.4) is 0 Å². The van der Waals surface area contributed by atoms with Crippen molar-refractivity contribution in [2.75, 3.05) is 22.9 Å². The summed E-state index contributed by atoms with van der Waals surface area (Å²) in [5.41, 5.74) is 2.78. The molecule has 5 nitrogen and oxygen atoms in total. The molecule has 6 heteroatoms. The Morgan fingerprint density at radius 3 is 2.63 bits per heavy atom. The summed E-state index contributed by atoms with van der Waals surface area (Å²) in [6.45, 7) is 3.67. The minimum Gasteiger partial charge on any atom is -0.439 e. The number of hydrogen-bond donors (Lipinski definition) is 0. The van der Waals surface area contributed by atoms with Crippen LogP contribution >= 0.6 is 11.6 Å². The largest absolute Gasteiger partial charge is 0.439 e. The minimum atomic E-state index is 0.0569. The number of rotatable bonds is 3. The van der Waals surface area contributed by atoms with Crippen molar-refractivity contribution in [2.45, 2.75) is 19.9 Å². The Labute approximate surface area is 163 Å². The number of halogens is 1. The number of carbonyl (C=O) groups excluding carboxylic acids is 1. The van der Waals surface area contributed by atoms with Crippen LogP contribution in [-0.4, -0.2) is 24.0 Å². The summed E-state index contributed by atoms with van der Waals surface area (Å²) in [6, 6.07) is 15.5. The van der Waals surface area contributed by atoms with Crippen LogP contribution in [0.2, 0.25) is 5.02 Å². The normalized spacial score (nSPS) is 14.0. The highest BCUT2D eigenvalue weighted by Crippen LogP contribution is 2.34. The fourth-order valence-electron chi connectivity index (χ4n) is 3.44. The average molecular weight is 382 g/mol. The second-order valence-electron chi connectivity index (χ2n) is 6.53. The molecule has 1 aliphatic heterocycles. The highest BCUT2D eigenvalue weighted by atomic mass is 35.5. The van der Waals surface area contributed by atoms with Crippen molar-refractivity contribution in [1.82, 2.24) is 4.98 Å². The second kappa shape index (κ2) is 7.45. The fraction of sp³-hybridized carbons (Fsp3) is 0.238. The van der Waals surface area contributed by atoms with Crippen molar-refractivity contribution >= 4 is 28.9 Å². The van der Waals surface area contributed by atoms with Gasteiger partial charge < -0.3 is 14.2 Å². The first-order chi connectivity index (χ1) is 13.1. The Bertz CT molecular complexity index is 969. The monoisotopic (exact) mass is 381 g/mol.